The van der Waals surface area contributed by atoms with Gasteiger partial charge in [0, 0.05) is 0 Å². The van der Waals surface area contributed by atoms with Crippen LogP contribution in [0.25, 0.3) is 0 Å². The quantitative estimate of drug-likeness (QED) is 0.344. The highest BCUT2D eigenvalue weighted by Gasteiger charge is 2.19. The molecule has 5 heteroatoms. The minimum atomic E-state index is -0.545. The zero-order chi connectivity index (χ0) is 11.7. The number of hydrogen-bond acceptors (Lipinski definition) is 4. The van der Waals surface area contributed by atoms with Crippen molar-refractivity contribution in [3.8, 4) is 0 Å². The van der Waals surface area contributed by atoms with Gasteiger partial charge in [0.25, 0.3) is 0 Å². The topological polar surface area (TPSA) is 81.4 Å². The number of rotatable bonds is 8. The fourth-order valence-electron chi connectivity index (χ4n) is 1.16. The highest BCUT2D eigenvalue weighted by molar-refractivity contribution is 5.78. The summed E-state index contributed by atoms with van der Waals surface area (Å²) in [5.41, 5.74) is 5.34. The van der Waals surface area contributed by atoms with Gasteiger partial charge >= 0.3 is 5.97 Å². The summed E-state index contributed by atoms with van der Waals surface area (Å²) < 4.78 is 5.00. The molecule has 0 aliphatic heterocycles. The Kier molecular flexibility index (Phi) is 7.62. The van der Waals surface area contributed by atoms with Crippen molar-refractivity contribution < 1.29 is 14.3 Å². The molecule has 0 radical (unpaired) electrons. The summed E-state index contributed by atoms with van der Waals surface area (Å²) in [6, 6.07) is -0.545. The van der Waals surface area contributed by atoms with Gasteiger partial charge < -0.3 is 15.8 Å². The molecule has 0 aliphatic rings. The standard InChI is InChI=1S/C10H20N2O3/c1-8(2)15-10(14)9(12-7-13)5-3-4-6-11/h7-9H,3-6,11H2,1-2H3,(H,12,13). The molecule has 0 rings (SSSR count). The molecule has 0 aromatic carbocycles. The van der Waals surface area contributed by atoms with Gasteiger partial charge in [-0.1, -0.05) is 0 Å². The second kappa shape index (κ2) is 8.23. The molecule has 15 heavy (non-hydrogen) atoms. The van der Waals surface area contributed by atoms with Crippen molar-refractivity contribution in [2.75, 3.05) is 6.54 Å². The highest BCUT2D eigenvalue weighted by Crippen LogP contribution is 2.03. The van der Waals surface area contributed by atoms with Crippen LogP contribution in [0.1, 0.15) is 33.1 Å². The lowest BCUT2D eigenvalue weighted by Crippen LogP contribution is -2.38. The third-order valence-corrected chi connectivity index (χ3v) is 1.85. The average molecular weight is 216 g/mol. The van der Waals surface area contributed by atoms with Crippen LogP contribution >= 0.6 is 0 Å². The van der Waals surface area contributed by atoms with Crippen molar-refractivity contribution in [3.63, 3.8) is 0 Å². The molecule has 0 saturated heterocycles. The van der Waals surface area contributed by atoms with Crippen LogP contribution in [-0.2, 0) is 14.3 Å². The maximum absolute atomic E-state index is 11.5. The van der Waals surface area contributed by atoms with Crippen LogP contribution in [0.5, 0.6) is 0 Å². The SMILES string of the molecule is CC(C)OC(=O)C(CCCCN)NC=O. The molecule has 0 aromatic rings. The van der Waals surface area contributed by atoms with Crippen molar-refractivity contribution in [2.45, 2.75) is 45.3 Å². The van der Waals surface area contributed by atoms with Crippen molar-refractivity contribution >= 4 is 12.4 Å². The van der Waals surface area contributed by atoms with Crippen LogP contribution in [0.2, 0.25) is 0 Å². The fraction of sp³-hybridized carbons (Fsp3) is 0.800. The maximum atomic E-state index is 11.5. The highest BCUT2D eigenvalue weighted by atomic mass is 16.5. The molecular weight excluding hydrogens is 196 g/mol. The van der Waals surface area contributed by atoms with Crippen molar-refractivity contribution in [3.05, 3.63) is 0 Å². The molecule has 5 nitrogen and oxygen atoms in total. The van der Waals surface area contributed by atoms with Gasteiger partial charge in [0.2, 0.25) is 6.41 Å². The summed E-state index contributed by atoms with van der Waals surface area (Å²) in [5, 5.41) is 2.45. The number of nitrogens with two attached hydrogens (primary N) is 1. The molecule has 88 valence electrons. The predicted octanol–water partition coefficient (Wildman–Crippen LogP) is 0.182. The Balaban J connectivity index is 4.00. The Morgan fingerprint density at radius 1 is 1.47 bits per heavy atom. The van der Waals surface area contributed by atoms with E-state index >= 15 is 0 Å². The summed E-state index contributed by atoms with van der Waals surface area (Å²) in [6.07, 6.45) is 2.57. The number of nitrogens with one attached hydrogen (secondary N) is 1. The molecule has 0 heterocycles. The zero-order valence-corrected chi connectivity index (χ0v) is 9.36. The minimum absolute atomic E-state index is 0.164. The normalized spacial score (nSPS) is 12.3. The van der Waals surface area contributed by atoms with E-state index in [4.69, 9.17) is 10.5 Å². The van der Waals surface area contributed by atoms with Gasteiger partial charge in [0.05, 0.1) is 6.10 Å². The number of esters is 1. The molecule has 0 bridgehead atoms. The largest absolute Gasteiger partial charge is 0.461 e. The molecule has 0 spiro atoms. The Hall–Kier alpha value is -1.10. The second-order valence-corrected chi connectivity index (χ2v) is 3.61. The fourth-order valence-corrected chi connectivity index (χ4v) is 1.16. The Morgan fingerprint density at radius 2 is 2.13 bits per heavy atom. The van der Waals surface area contributed by atoms with Crippen molar-refractivity contribution in [1.29, 1.82) is 0 Å². The van der Waals surface area contributed by atoms with Gasteiger partial charge in [-0.3, -0.25) is 4.79 Å². The monoisotopic (exact) mass is 216 g/mol. The molecule has 0 fully saturated rings. The number of ether oxygens (including phenoxy) is 1. The predicted molar refractivity (Wildman–Crippen MR) is 57.1 cm³/mol. The van der Waals surface area contributed by atoms with Gasteiger partial charge in [-0.2, -0.15) is 0 Å². The average Bonchev–Trinajstić information content (AvgIpc) is 2.15. The minimum Gasteiger partial charge on any atom is -0.461 e. The van der Waals surface area contributed by atoms with Crippen molar-refractivity contribution in [2.24, 2.45) is 5.73 Å². The molecule has 0 aliphatic carbocycles. The summed E-state index contributed by atoms with van der Waals surface area (Å²) in [6.45, 7) is 4.14. The van der Waals surface area contributed by atoms with Crippen LogP contribution in [0.15, 0.2) is 0 Å². The van der Waals surface area contributed by atoms with E-state index in [0.717, 1.165) is 12.8 Å². The molecule has 1 amide bonds. The summed E-state index contributed by atoms with van der Waals surface area (Å²) >= 11 is 0. The van der Waals surface area contributed by atoms with E-state index in [1.54, 1.807) is 13.8 Å². The van der Waals surface area contributed by atoms with Gasteiger partial charge in [-0.05, 0) is 39.7 Å². The van der Waals surface area contributed by atoms with Gasteiger partial charge in [0.1, 0.15) is 6.04 Å². The smallest absolute Gasteiger partial charge is 0.328 e. The third-order valence-electron chi connectivity index (χ3n) is 1.85. The Labute approximate surface area is 90.4 Å². The van der Waals surface area contributed by atoms with E-state index in [-0.39, 0.29) is 12.1 Å². The molecule has 1 unspecified atom stereocenters. The number of unbranched alkanes of at least 4 members (excludes halogenated alkanes) is 1. The molecule has 0 saturated carbocycles. The van der Waals surface area contributed by atoms with Crippen LogP contribution in [-0.4, -0.2) is 31.1 Å². The maximum Gasteiger partial charge on any atom is 0.328 e. The molecule has 0 aromatic heterocycles. The van der Waals surface area contributed by atoms with Gasteiger partial charge in [-0.25, -0.2) is 4.79 Å². The van der Waals surface area contributed by atoms with Crippen molar-refractivity contribution in [1.82, 2.24) is 5.32 Å². The molecular formula is C10H20N2O3. The van der Waals surface area contributed by atoms with Crippen LogP contribution in [0.4, 0.5) is 0 Å². The summed E-state index contributed by atoms with van der Waals surface area (Å²) in [4.78, 5) is 21.8. The lowest BCUT2D eigenvalue weighted by molar-refractivity contribution is -0.150. The number of carbonyl (C=O) groups excluding carboxylic acids is 2. The van der Waals surface area contributed by atoms with Crippen LogP contribution in [0.3, 0.4) is 0 Å². The summed E-state index contributed by atoms with van der Waals surface area (Å²) in [5.74, 6) is -0.380. The zero-order valence-electron chi connectivity index (χ0n) is 9.36. The van der Waals surface area contributed by atoms with Gasteiger partial charge in [0.15, 0.2) is 0 Å². The third kappa shape index (κ3) is 6.90. The van der Waals surface area contributed by atoms with E-state index in [2.05, 4.69) is 5.32 Å². The number of hydrogen-bond donors (Lipinski definition) is 2. The lowest BCUT2D eigenvalue weighted by atomic mass is 10.1. The van der Waals surface area contributed by atoms with E-state index < -0.39 is 6.04 Å². The first-order valence-corrected chi connectivity index (χ1v) is 5.22. The molecule has 1 atom stereocenters. The van der Waals surface area contributed by atoms with Crippen LogP contribution in [0, 0.1) is 0 Å². The Bertz CT molecular complexity index is 195. The Morgan fingerprint density at radius 3 is 2.60 bits per heavy atom. The molecule has 3 N–H and O–H groups in total. The first-order chi connectivity index (χ1) is 7.11. The van der Waals surface area contributed by atoms with E-state index in [1.165, 1.54) is 0 Å². The van der Waals surface area contributed by atoms with Crippen LogP contribution < -0.4 is 11.1 Å². The van der Waals surface area contributed by atoms with E-state index in [1.807, 2.05) is 0 Å². The first kappa shape index (κ1) is 13.9. The van der Waals surface area contributed by atoms with E-state index in [9.17, 15) is 9.59 Å². The summed E-state index contributed by atoms with van der Waals surface area (Å²) in [7, 11) is 0. The number of carbonyl (C=O) groups is 2. The lowest BCUT2D eigenvalue weighted by Gasteiger charge is -2.16. The first-order valence-electron chi connectivity index (χ1n) is 5.22. The number of amides is 1. The van der Waals surface area contributed by atoms with Gasteiger partial charge in [-0.15, -0.1) is 0 Å². The van der Waals surface area contributed by atoms with E-state index in [0.29, 0.717) is 19.4 Å². The second-order valence-electron chi connectivity index (χ2n) is 3.61.